The number of ether oxygens (including phenoxy) is 1. The molecule has 0 spiro atoms. The molecule has 0 radical (unpaired) electrons. The van der Waals surface area contributed by atoms with Crippen LogP contribution in [-0.2, 0) is 9.53 Å². The van der Waals surface area contributed by atoms with Crippen LogP contribution in [0, 0.1) is 5.92 Å². The Morgan fingerprint density at radius 3 is 3.00 bits per heavy atom. The van der Waals surface area contributed by atoms with E-state index in [1.54, 1.807) is 6.20 Å². The first-order valence-electron chi connectivity index (χ1n) is 5.39. The third kappa shape index (κ3) is 2.73. The van der Waals surface area contributed by atoms with E-state index < -0.39 is 0 Å². The molecule has 0 bridgehead atoms. The molecule has 0 amide bonds. The fourth-order valence-corrected chi connectivity index (χ4v) is 2.15. The molecule has 1 aromatic heterocycles. The molecule has 2 rings (SSSR count). The molecule has 86 valence electrons. The van der Waals surface area contributed by atoms with Crippen molar-refractivity contribution in [1.82, 2.24) is 4.98 Å². The van der Waals surface area contributed by atoms with Gasteiger partial charge in [0.2, 0.25) is 0 Å². The van der Waals surface area contributed by atoms with Crippen LogP contribution in [0.1, 0.15) is 30.7 Å². The monoisotopic (exact) mass is 239 g/mol. The Morgan fingerprint density at radius 2 is 2.44 bits per heavy atom. The van der Waals surface area contributed by atoms with E-state index in [2.05, 4.69) is 4.98 Å². The fraction of sp³-hybridized carbons (Fsp3) is 0.500. The number of rotatable bonds is 4. The molecule has 0 saturated heterocycles. The van der Waals surface area contributed by atoms with Gasteiger partial charge in [-0.1, -0.05) is 11.6 Å². The zero-order valence-corrected chi connectivity index (χ0v) is 9.91. The summed E-state index contributed by atoms with van der Waals surface area (Å²) in [5.74, 6) is 0.662. The molecular weight excluding hydrogens is 226 g/mol. The largest absolute Gasteiger partial charge is 0.469 e. The highest BCUT2D eigenvalue weighted by atomic mass is 35.5. The Labute approximate surface area is 99.8 Å². The number of halogens is 1. The van der Waals surface area contributed by atoms with E-state index in [0.29, 0.717) is 17.5 Å². The molecular formula is C12H14ClNO2. The lowest BCUT2D eigenvalue weighted by Crippen LogP contribution is -2.10. The normalized spacial score (nSPS) is 16.9. The van der Waals surface area contributed by atoms with E-state index in [9.17, 15) is 4.79 Å². The molecule has 1 aliphatic rings. The third-order valence-electron chi connectivity index (χ3n) is 2.98. The number of carbonyl (C=O) groups is 1. The number of hydrogen-bond acceptors (Lipinski definition) is 3. The van der Waals surface area contributed by atoms with E-state index in [4.69, 9.17) is 16.3 Å². The number of carbonyl (C=O) groups excluding carboxylic acids is 1. The molecule has 3 nitrogen and oxygen atoms in total. The van der Waals surface area contributed by atoms with Crippen LogP contribution in [0.2, 0.25) is 5.15 Å². The van der Waals surface area contributed by atoms with E-state index >= 15 is 0 Å². The molecule has 1 aromatic rings. The second-order valence-corrected chi connectivity index (χ2v) is 4.52. The summed E-state index contributed by atoms with van der Waals surface area (Å²) in [4.78, 5) is 15.3. The van der Waals surface area contributed by atoms with Crippen molar-refractivity contribution in [3.63, 3.8) is 0 Å². The number of hydrogen-bond donors (Lipinski definition) is 0. The van der Waals surface area contributed by atoms with Crippen LogP contribution in [0.5, 0.6) is 0 Å². The van der Waals surface area contributed by atoms with Gasteiger partial charge < -0.3 is 4.74 Å². The van der Waals surface area contributed by atoms with E-state index in [-0.39, 0.29) is 11.9 Å². The standard InChI is InChI=1S/C12H14ClNO2/c1-16-12(15)7-10(8-2-3-8)9-4-5-14-11(13)6-9/h4-6,8,10H,2-3,7H2,1H3. The number of aromatic nitrogens is 1. The first-order chi connectivity index (χ1) is 7.70. The van der Waals surface area contributed by atoms with Crippen molar-refractivity contribution in [3.05, 3.63) is 29.0 Å². The maximum Gasteiger partial charge on any atom is 0.306 e. The molecule has 1 unspecified atom stereocenters. The zero-order valence-electron chi connectivity index (χ0n) is 9.15. The number of nitrogens with zero attached hydrogens (tertiary/aromatic N) is 1. The molecule has 0 aliphatic heterocycles. The van der Waals surface area contributed by atoms with Gasteiger partial charge in [-0.3, -0.25) is 4.79 Å². The maximum atomic E-state index is 11.3. The Bertz CT molecular complexity index is 390. The van der Waals surface area contributed by atoms with Crippen molar-refractivity contribution in [2.24, 2.45) is 5.92 Å². The summed E-state index contributed by atoms with van der Waals surface area (Å²) in [6.45, 7) is 0. The van der Waals surface area contributed by atoms with Crippen LogP contribution in [0.3, 0.4) is 0 Å². The topological polar surface area (TPSA) is 39.2 Å². The summed E-state index contributed by atoms with van der Waals surface area (Å²) in [6.07, 6.45) is 4.48. The van der Waals surface area contributed by atoms with Gasteiger partial charge in [-0.2, -0.15) is 0 Å². The van der Waals surface area contributed by atoms with Gasteiger partial charge in [0.05, 0.1) is 13.5 Å². The van der Waals surface area contributed by atoms with Crippen LogP contribution in [0.25, 0.3) is 0 Å². The predicted molar refractivity (Wildman–Crippen MR) is 61.3 cm³/mol. The summed E-state index contributed by atoms with van der Waals surface area (Å²) in [7, 11) is 1.42. The fourth-order valence-electron chi connectivity index (χ4n) is 1.97. The van der Waals surface area contributed by atoms with Gasteiger partial charge in [-0.05, 0) is 42.4 Å². The van der Waals surface area contributed by atoms with Crippen molar-refractivity contribution >= 4 is 17.6 Å². The van der Waals surface area contributed by atoms with Crippen LogP contribution in [-0.4, -0.2) is 18.1 Å². The minimum Gasteiger partial charge on any atom is -0.469 e. The first kappa shape index (κ1) is 11.4. The molecule has 1 saturated carbocycles. The van der Waals surface area contributed by atoms with Crippen LogP contribution < -0.4 is 0 Å². The minimum atomic E-state index is -0.162. The molecule has 16 heavy (non-hydrogen) atoms. The lowest BCUT2D eigenvalue weighted by molar-refractivity contribution is -0.141. The third-order valence-corrected chi connectivity index (χ3v) is 3.19. The SMILES string of the molecule is COC(=O)CC(c1ccnc(Cl)c1)C1CC1. The van der Waals surface area contributed by atoms with Gasteiger partial charge in [0, 0.05) is 6.20 Å². The van der Waals surface area contributed by atoms with Gasteiger partial charge in [-0.25, -0.2) is 4.98 Å². The van der Waals surface area contributed by atoms with Gasteiger partial charge in [-0.15, -0.1) is 0 Å². The molecule has 1 aliphatic carbocycles. The number of pyridine rings is 1. The predicted octanol–water partition coefficient (Wildman–Crippen LogP) is 2.79. The highest BCUT2D eigenvalue weighted by molar-refractivity contribution is 6.29. The van der Waals surface area contributed by atoms with Crippen LogP contribution in [0.4, 0.5) is 0 Å². The number of esters is 1. The Balaban J connectivity index is 2.15. The van der Waals surface area contributed by atoms with E-state index in [0.717, 1.165) is 5.56 Å². The van der Waals surface area contributed by atoms with Gasteiger partial charge in [0.25, 0.3) is 0 Å². The lowest BCUT2D eigenvalue weighted by Gasteiger charge is -2.15. The summed E-state index contributed by atoms with van der Waals surface area (Å²) in [5, 5.41) is 0.480. The average molecular weight is 240 g/mol. The zero-order chi connectivity index (χ0) is 11.5. The second kappa shape index (κ2) is 4.83. The highest BCUT2D eigenvalue weighted by Crippen LogP contribution is 2.44. The smallest absolute Gasteiger partial charge is 0.306 e. The van der Waals surface area contributed by atoms with E-state index in [1.807, 2.05) is 12.1 Å². The lowest BCUT2D eigenvalue weighted by atomic mass is 9.92. The van der Waals surface area contributed by atoms with Crippen LogP contribution >= 0.6 is 11.6 Å². The van der Waals surface area contributed by atoms with Gasteiger partial charge >= 0.3 is 5.97 Å². The van der Waals surface area contributed by atoms with Crippen molar-refractivity contribution in [3.8, 4) is 0 Å². The van der Waals surface area contributed by atoms with Crippen molar-refractivity contribution in [2.45, 2.75) is 25.2 Å². The average Bonchev–Trinajstić information content (AvgIpc) is 3.09. The Hall–Kier alpha value is -1.09. The van der Waals surface area contributed by atoms with E-state index in [1.165, 1.54) is 20.0 Å². The Kier molecular flexibility index (Phi) is 3.44. The van der Waals surface area contributed by atoms with Crippen LogP contribution in [0.15, 0.2) is 18.3 Å². The first-order valence-corrected chi connectivity index (χ1v) is 5.76. The van der Waals surface area contributed by atoms with Crippen molar-refractivity contribution in [1.29, 1.82) is 0 Å². The molecule has 4 heteroatoms. The maximum absolute atomic E-state index is 11.3. The number of methoxy groups -OCH3 is 1. The summed E-state index contributed by atoms with van der Waals surface area (Å²) < 4.78 is 4.72. The highest BCUT2D eigenvalue weighted by Gasteiger charge is 2.34. The summed E-state index contributed by atoms with van der Waals surface area (Å²) in [6, 6.07) is 3.77. The van der Waals surface area contributed by atoms with Crippen molar-refractivity contribution < 1.29 is 9.53 Å². The molecule has 1 fully saturated rings. The summed E-state index contributed by atoms with van der Waals surface area (Å²) >= 11 is 5.86. The minimum absolute atomic E-state index is 0.162. The Morgan fingerprint density at radius 1 is 1.69 bits per heavy atom. The molecule has 1 atom stereocenters. The molecule has 1 heterocycles. The molecule has 0 aromatic carbocycles. The molecule has 0 N–H and O–H groups in total. The summed E-state index contributed by atoms with van der Waals surface area (Å²) in [5.41, 5.74) is 1.09. The van der Waals surface area contributed by atoms with Gasteiger partial charge in [0.15, 0.2) is 0 Å². The van der Waals surface area contributed by atoms with Crippen molar-refractivity contribution in [2.75, 3.05) is 7.11 Å². The van der Waals surface area contributed by atoms with Gasteiger partial charge in [0.1, 0.15) is 5.15 Å². The quantitative estimate of drug-likeness (QED) is 0.599. The second-order valence-electron chi connectivity index (χ2n) is 4.14.